The van der Waals surface area contributed by atoms with Gasteiger partial charge in [0.2, 0.25) is 5.13 Å². The second-order valence-corrected chi connectivity index (χ2v) is 7.48. The Morgan fingerprint density at radius 1 is 1.21 bits per heavy atom. The Labute approximate surface area is 166 Å². The lowest BCUT2D eigenvalue weighted by atomic mass is 10.1. The predicted octanol–water partition coefficient (Wildman–Crippen LogP) is 4.10. The molecule has 0 saturated carbocycles. The Bertz CT molecular complexity index is 1180. The molecule has 0 atom stereocenters. The number of nitrogens with one attached hydrogen (secondary N) is 1. The van der Waals surface area contributed by atoms with E-state index >= 15 is 0 Å². The van der Waals surface area contributed by atoms with Crippen LogP contribution in [0.1, 0.15) is 23.7 Å². The molecule has 0 aliphatic rings. The number of H-pyrrole nitrogens is 1. The van der Waals surface area contributed by atoms with Crippen molar-refractivity contribution >= 4 is 27.3 Å². The van der Waals surface area contributed by atoms with Crippen LogP contribution in [0, 0.1) is 6.92 Å². The molecule has 0 bridgehead atoms. The molecule has 2 aromatic heterocycles. The van der Waals surface area contributed by atoms with Gasteiger partial charge in [0.05, 0.1) is 29.4 Å². The first-order valence-corrected chi connectivity index (χ1v) is 9.70. The van der Waals surface area contributed by atoms with E-state index in [1.807, 2.05) is 62.4 Å². The van der Waals surface area contributed by atoms with Crippen LogP contribution >= 0.6 is 11.3 Å². The van der Waals surface area contributed by atoms with E-state index in [0.29, 0.717) is 23.0 Å². The second kappa shape index (κ2) is 7.44. The lowest BCUT2D eigenvalue weighted by Gasteiger charge is -2.02. The standard InChI is InChI=1S/C21H20N4O2S/c1-13(22-12-15-8-10-16(27-3)11-9-15)19-14(2)24-25(20(19)26)21-23-17-6-4-5-7-18(17)28-21/h4-11,24H,12H2,1-3H3. The molecule has 2 heterocycles. The number of aliphatic imine (C=N–C) groups is 1. The van der Waals surface area contributed by atoms with Gasteiger partial charge in [-0.2, -0.15) is 4.68 Å². The van der Waals surface area contributed by atoms with Gasteiger partial charge >= 0.3 is 0 Å². The van der Waals surface area contributed by atoms with Gasteiger partial charge in [0.25, 0.3) is 5.56 Å². The molecule has 1 N–H and O–H groups in total. The van der Waals surface area contributed by atoms with Crippen LogP contribution in [0.4, 0.5) is 0 Å². The van der Waals surface area contributed by atoms with Crippen LogP contribution in [0.25, 0.3) is 15.3 Å². The number of hydrogen-bond acceptors (Lipinski definition) is 5. The smallest absolute Gasteiger partial charge is 0.282 e. The maximum atomic E-state index is 13.0. The number of benzene rings is 2. The van der Waals surface area contributed by atoms with Crippen molar-refractivity contribution in [1.82, 2.24) is 14.8 Å². The molecule has 142 valence electrons. The van der Waals surface area contributed by atoms with E-state index in [9.17, 15) is 4.79 Å². The third-order valence-electron chi connectivity index (χ3n) is 4.57. The highest BCUT2D eigenvalue weighted by Gasteiger charge is 2.17. The average molecular weight is 392 g/mol. The number of aryl methyl sites for hydroxylation is 1. The van der Waals surface area contributed by atoms with Crippen molar-refractivity contribution in [1.29, 1.82) is 0 Å². The minimum atomic E-state index is -0.132. The zero-order chi connectivity index (χ0) is 19.7. The Balaban J connectivity index is 1.65. The van der Waals surface area contributed by atoms with Crippen molar-refractivity contribution in [3.05, 3.63) is 75.7 Å². The number of nitrogens with zero attached hydrogens (tertiary/aromatic N) is 3. The summed E-state index contributed by atoms with van der Waals surface area (Å²) < 4.78 is 7.72. The maximum absolute atomic E-state index is 13.0. The van der Waals surface area contributed by atoms with E-state index in [4.69, 9.17) is 4.74 Å². The zero-order valence-corrected chi connectivity index (χ0v) is 16.7. The number of rotatable bonds is 5. The summed E-state index contributed by atoms with van der Waals surface area (Å²) in [5.41, 5.74) is 3.88. The van der Waals surface area contributed by atoms with Crippen LogP contribution in [0.15, 0.2) is 58.3 Å². The molecule has 0 amide bonds. The van der Waals surface area contributed by atoms with Gasteiger partial charge in [-0.3, -0.25) is 14.9 Å². The van der Waals surface area contributed by atoms with Crippen LogP contribution in [0.2, 0.25) is 0 Å². The van der Waals surface area contributed by atoms with Crippen molar-refractivity contribution in [2.75, 3.05) is 7.11 Å². The van der Waals surface area contributed by atoms with Gasteiger partial charge in [-0.25, -0.2) is 4.98 Å². The van der Waals surface area contributed by atoms with Gasteiger partial charge in [-0.05, 0) is 43.7 Å². The van der Waals surface area contributed by atoms with E-state index < -0.39 is 0 Å². The van der Waals surface area contributed by atoms with Gasteiger partial charge in [0.1, 0.15) is 5.75 Å². The number of ether oxygens (including phenoxy) is 1. The first-order chi connectivity index (χ1) is 13.6. The SMILES string of the molecule is COc1ccc(CN=C(C)c2c(C)[nH]n(-c3nc4ccccc4s3)c2=O)cc1. The number of fused-ring (bicyclic) bond motifs is 1. The van der Waals surface area contributed by atoms with Crippen molar-refractivity contribution in [2.24, 2.45) is 4.99 Å². The fourth-order valence-corrected chi connectivity index (χ4v) is 4.01. The van der Waals surface area contributed by atoms with E-state index in [2.05, 4.69) is 15.1 Å². The molecule has 4 aromatic rings. The monoisotopic (exact) mass is 392 g/mol. The topological polar surface area (TPSA) is 72.3 Å². The predicted molar refractivity (Wildman–Crippen MR) is 113 cm³/mol. The van der Waals surface area contributed by atoms with Gasteiger partial charge in [-0.15, -0.1) is 0 Å². The van der Waals surface area contributed by atoms with Crippen molar-refractivity contribution in [2.45, 2.75) is 20.4 Å². The molecule has 4 rings (SSSR count). The fraction of sp³-hybridized carbons (Fsp3) is 0.190. The highest BCUT2D eigenvalue weighted by Crippen LogP contribution is 2.23. The van der Waals surface area contributed by atoms with Crippen molar-refractivity contribution in [3.63, 3.8) is 0 Å². The van der Waals surface area contributed by atoms with Gasteiger partial charge in [-0.1, -0.05) is 35.6 Å². The molecule has 6 nitrogen and oxygen atoms in total. The number of aromatic nitrogens is 3. The molecule has 0 fully saturated rings. The molecule has 0 spiro atoms. The van der Waals surface area contributed by atoms with E-state index in [1.54, 1.807) is 7.11 Å². The van der Waals surface area contributed by atoms with E-state index in [-0.39, 0.29) is 5.56 Å². The minimum absolute atomic E-state index is 0.132. The largest absolute Gasteiger partial charge is 0.497 e. The summed E-state index contributed by atoms with van der Waals surface area (Å²) in [6.45, 7) is 4.25. The highest BCUT2D eigenvalue weighted by molar-refractivity contribution is 7.20. The van der Waals surface area contributed by atoms with Crippen molar-refractivity contribution < 1.29 is 4.74 Å². The first kappa shape index (κ1) is 18.2. The zero-order valence-electron chi connectivity index (χ0n) is 15.9. The summed E-state index contributed by atoms with van der Waals surface area (Å²) in [4.78, 5) is 22.2. The number of aromatic amines is 1. The number of para-hydroxylation sites is 1. The molecule has 28 heavy (non-hydrogen) atoms. The minimum Gasteiger partial charge on any atom is -0.497 e. The van der Waals surface area contributed by atoms with Gasteiger partial charge < -0.3 is 4.74 Å². The Kier molecular flexibility index (Phi) is 4.83. The van der Waals surface area contributed by atoms with E-state index in [0.717, 1.165) is 27.2 Å². The Hall–Kier alpha value is -3.19. The summed E-state index contributed by atoms with van der Waals surface area (Å²) >= 11 is 1.48. The quantitative estimate of drug-likeness (QED) is 0.520. The number of hydrogen-bond donors (Lipinski definition) is 1. The summed E-state index contributed by atoms with van der Waals surface area (Å²) in [6.07, 6.45) is 0. The van der Waals surface area contributed by atoms with Crippen LogP contribution in [-0.4, -0.2) is 27.6 Å². The third kappa shape index (κ3) is 3.36. The summed E-state index contributed by atoms with van der Waals surface area (Å²) in [5.74, 6) is 0.810. The fourth-order valence-electron chi connectivity index (χ4n) is 3.08. The average Bonchev–Trinajstić information content (AvgIpc) is 3.27. The Morgan fingerprint density at radius 3 is 2.68 bits per heavy atom. The van der Waals surface area contributed by atoms with E-state index in [1.165, 1.54) is 16.0 Å². The van der Waals surface area contributed by atoms with Gasteiger partial charge in [0, 0.05) is 11.4 Å². The second-order valence-electron chi connectivity index (χ2n) is 6.47. The lowest BCUT2D eigenvalue weighted by Crippen LogP contribution is -2.19. The number of thiazole rings is 1. The highest BCUT2D eigenvalue weighted by atomic mass is 32.1. The van der Waals surface area contributed by atoms with Crippen LogP contribution in [0.3, 0.4) is 0 Å². The third-order valence-corrected chi connectivity index (χ3v) is 5.59. The lowest BCUT2D eigenvalue weighted by molar-refractivity contribution is 0.414. The number of methoxy groups -OCH3 is 1. The molecule has 0 aliphatic carbocycles. The molecule has 0 radical (unpaired) electrons. The molecule has 0 aliphatic heterocycles. The molecule has 7 heteroatoms. The molecular formula is C21H20N4O2S. The summed E-state index contributed by atoms with van der Waals surface area (Å²) in [7, 11) is 1.64. The normalized spacial score (nSPS) is 11.9. The maximum Gasteiger partial charge on any atom is 0.282 e. The molecular weight excluding hydrogens is 372 g/mol. The van der Waals surface area contributed by atoms with Gasteiger partial charge in [0.15, 0.2) is 0 Å². The van der Waals surface area contributed by atoms with Crippen LogP contribution in [-0.2, 0) is 6.54 Å². The Morgan fingerprint density at radius 2 is 1.96 bits per heavy atom. The van der Waals surface area contributed by atoms with Crippen LogP contribution in [0.5, 0.6) is 5.75 Å². The first-order valence-electron chi connectivity index (χ1n) is 8.88. The van der Waals surface area contributed by atoms with Crippen LogP contribution < -0.4 is 10.3 Å². The summed E-state index contributed by atoms with van der Waals surface area (Å²) in [6, 6.07) is 15.6. The molecule has 0 saturated heterocycles. The molecule has 0 unspecified atom stereocenters. The molecule has 2 aromatic carbocycles. The van der Waals surface area contributed by atoms with Crippen molar-refractivity contribution in [3.8, 4) is 10.9 Å². The summed E-state index contributed by atoms with van der Waals surface area (Å²) in [5, 5.41) is 3.77.